The smallest absolute Gasteiger partial charge is 0.191 e. The second-order valence-corrected chi connectivity index (χ2v) is 4.92. The Balaban J connectivity index is 2.45. The fraction of sp³-hybridized carbons (Fsp3) is 0.273. The van der Waals surface area contributed by atoms with Crippen LogP contribution < -0.4 is 0 Å². The maximum atomic E-state index is 6.13. The van der Waals surface area contributed by atoms with Gasteiger partial charge in [0.25, 0.3) is 0 Å². The molecule has 0 unspecified atom stereocenters. The summed E-state index contributed by atoms with van der Waals surface area (Å²) in [5.74, 6) is 1.79. The lowest BCUT2D eigenvalue weighted by Gasteiger charge is -2.04. The van der Waals surface area contributed by atoms with Crippen LogP contribution in [-0.2, 0) is 7.05 Å². The highest BCUT2D eigenvalue weighted by Crippen LogP contribution is 2.27. The summed E-state index contributed by atoms with van der Waals surface area (Å²) in [6, 6.07) is 7.66. The Bertz CT molecular complexity index is 496. The summed E-state index contributed by atoms with van der Waals surface area (Å²) in [7, 11) is 1.96. The normalized spacial score (nSPS) is 10.7. The van der Waals surface area contributed by atoms with Crippen LogP contribution >= 0.6 is 23.4 Å². The molecular formula is C11H12ClN3S. The first-order valence-electron chi connectivity index (χ1n) is 5.01. The van der Waals surface area contributed by atoms with Gasteiger partial charge in [-0.3, -0.25) is 0 Å². The second kappa shape index (κ2) is 4.89. The Morgan fingerprint density at radius 2 is 2.06 bits per heavy atom. The van der Waals surface area contributed by atoms with Crippen LogP contribution in [0.3, 0.4) is 0 Å². The third kappa shape index (κ3) is 2.08. The van der Waals surface area contributed by atoms with Gasteiger partial charge < -0.3 is 4.57 Å². The van der Waals surface area contributed by atoms with Crippen molar-refractivity contribution < 1.29 is 0 Å². The van der Waals surface area contributed by atoms with Crippen LogP contribution in [-0.4, -0.2) is 20.5 Å². The Labute approximate surface area is 104 Å². The second-order valence-electron chi connectivity index (χ2n) is 3.28. The lowest BCUT2D eigenvalue weighted by atomic mass is 10.2. The van der Waals surface area contributed by atoms with Crippen LogP contribution in [0.5, 0.6) is 0 Å². The van der Waals surface area contributed by atoms with Crippen molar-refractivity contribution >= 4 is 23.4 Å². The summed E-state index contributed by atoms with van der Waals surface area (Å²) in [5, 5.41) is 9.93. The zero-order valence-corrected chi connectivity index (χ0v) is 10.7. The summed E-state index contributed by atoms with van der Waals surface area (Å²) < 4.78 is 1.97. The number of hydrogen-bond acceptors (Lipinski definition) is 3. The van der Waals surface area contributed by atoms with E-state index in [2.05, 4.69) is 17.1 Å². The molecule has 2 rings (SSSR count). The summed E-state index contributed by atoms with van der Waals surface area (Å²) in [4.78, 5) is 0. The van der Waals surface area contributed by atoms with E-state index >= 15 is 0 Å². The molecule has 0 bridgehead atoms. The molecule has 0 N–H and O–H groups in total. The average Bonchev–Trinajstić information content (AvgIpc) is 2.62. The van der Waals surface area contributed by atoms with E-state index in [9.17, 15) is 0 Å². The molecular weight excluding hydrogens is 242 g/mol. The van der Waals surface area contributed by atoms with Gasteiger partial charge in [-0.25, -0.2) is 0 Å². The minimum absolute atomic E-state index is 0.700. The van der Waals surface area contributed by atoms with Crippen molar-refractivity contribution in [1.29, 1.82) is 0 Å². The summed E-state index contributed by atoms with van der Waals surface area (Å²) in [6.45, 7) is 2.09. The fourth-order valence-corrected chi connectivity index (χ4v) is 2.30. The van der Waals surface area contributed by atoms with Gasteiger partial charge in [0.05, 0.1) is 5.02 Å². The van der Waals surface area contributed by atoms with Gasteiger partial charge in [-0.1, -0.05) is 42.4 Å². The number of nitrogens with zero attached hydrogens (tertiary/aromatic N) is 3. The molecule has 0 saturated carbocycles. The van der Waals surface area contributed by atoms with E-state index in [-0.39, 0.29) is 0 Å². The van der Waals surface area contributed by atoms with Gasteiger partial charge >= 0.3 is 0 Å². The molecule has 2 aromatic rings. The van der Waals surface area contributed by atoms with Crippen LogP contribution in [0.15, 0.2) is 29.4 Å². The number of hydrogen-bond donors (Lipinski definition) is 0. The molecule has 0 fully saturated rings. The van der Waals surface area contributed by atoms with Gasteiger partial charge in [0.2, 0.25) is 0 Å². The van der Waals surface area contributed by atoms with E-state index < -0.39 is 0 Å². The first kappa shape index (κ1) is 11.5. The monoisotopic (exact) mass is 253 g/mol. The van der Waals surface area contributed by atoms with Crippen molar-refractivity contribution in [3.8, 4) is 11.4 Å². The van der Waals surface area contributed by atoms with E-state index in [1.165, 1.54) is 0 Å². The van der Waals surface area contributed by atoms with Gasteiger partial charge in [0, 0.05) is 12.6 Å². The van der Waals surface area contributed by atoms with Gasteiger partial charge in [0.15, 0.2) is 11.0 Å². The minimum atomic E-state index is 0.700. The van der Waals surface area contributed by atoms with E-state index in [1.54, 1.807) is 11.8 Å². The van der Waals surface area contributed by atoms with Crippen molar-refractivity contribution in [2.75, 3.05) is 5.75 Å². The maximum Gasteiger partial charge on any atom is 0.191 e. The molecule has 0 radical (unpaired) electrons. The Hall–Kier alpha value is -1.00. The number of aromatic nitrogens is 3. The highest BCUT2D eigenvalue weighted by molar-refractivity contribution is 7.99. The SMILES string of the molecule is CCSc1nnc(-c2ccccc2Cl)n1C. The molecule has 0 spiro atoms. The zero-order chi connectivity index (χ0) is 11.5. The maximum absolute atomic E-state index is 6.13. The average molecular weight is 254 g/mol. The van der Waals surface area contributed by atoms with Crippen LogP contribution in [0.2, 0.25) is 5.02 Å². The molecule has 0 aliphatic carbocycles. The lowest BCUT2D eigenvalue weighted by Crippen LogP contribution is -1.95. The van der Waals surface area contributed by atoms with Gasteiger partial charge in [-0.05, 0) is 17.9 Å². The zero-order valence-electron chi connectivity index (χ0n) is 9.14. The summed E-state index contributed by atoms with van der Waals surface area (Å²) in [6.07, 6.45) is 0. The summed E-state index contributed by atoms with van der Waals surface area (Å²) >= 11 is 7.80. The van der Waals surface area contributed by atoms with E-state index in [0.29, 0.717) is 5.02 Å². The van der Waals surface area contributed by atoms with Crippen molar-refractivity contribution in [2.45, 2.75) is 12.1 Å². The molecule has 84 valence electrons. The van der Waals surface area contributed by atoms with E-state index in [1.807, 2.05) is 35.9 Å². The largest absolute Gasteiger partial charge is 0.305 e. The van der Waals surface area contributed by atoms with E-state index in [0.717, 1.165) is 22.3 Å². The Morgan fingerprint density at radius 3 is 2.75 bits per heavy atom. The van der Waals surface area contributed by atoms with Crippen molar-refractivity contribution in [3.05, 3.63) is 29.3 Å². The highest BCUT2D eigenvalue weighted by Gasteiger charge is 2.12. The Kier molecular flexibility index (Phi) is 3.51. The molecule has 1 aromatic heterocycles. The van der Waals surface area contributed by atoms with Gasteiger partial charge in [-0.15, -0.1) is 10.2 Å². The van der Waals surface area contributed by atoms with Gasteiger partial charge in [-0.2, -0.15) is 0 Å². The molecule has 1 aromatic carbocycles. The predicted molar refractivity (Wildman–Crippen MR) is 67.8 cm³/mol. The molecule has 0 aliphatic rings. The van der Waals surface area contributed by atoms with Gasteiger partial charge in [0.1, 0.15) is 0 Å². The number of halogens is 1. The molecule has 5 heteroatoms. The number of benzene rings is 1. The molecule has 3 nitrogen and oxygen atoms in total. The topological polar surface area (TPSA) is 30.7 Å². The molecule has 0 aliphatic heterocycles. The first-order valence-corrected chi connectivity index (χ1v) is 6.37. The third-order valence-corrected chi connectivity index (χ3v) is 3.46. The van der Waals surface area contributed by atoms with Crippen LogP contribution in [0.25, 0.3) is 11.4 Å². The van der Waals surface area contributed by atoms with Crippen molar-refractivity contribution in [2.24, 2.45) is 7.05 Å². The molecule has 0 atom stereocenters. The Morgan fingerprint density at radius 1 is 1.31 bits per heavy atom. The molecule has 0 amide bonds. The molecule has 16 heavy (non-hydrogen) atoms. The summed E-state index contributed by atoms with van der Waals surface area (Å²) in [5.41, 5.74) is 0.919. The fourth-order valence-electron chi connectivity index (χ4n) is 1.45. The minimum Gasteiger partial charge on any atom is -0.305 e. The van der Waals surface area contributed by atoms with Crippen molar-refractivity contribution in [1.82, 2.24) is 14.8 Å². The van der Waals surface area contributed by atoms with Crippen LogP contribution in [0.4, 0.5) is 0 Å². The molecule has 1 heterocycles. The first-order chi connectivity index (χ1) is 7.74. The van der Waals surface area contributed by atoms with Crippen LogP contribution in [0.1, 0.15) is 6.92 Å². The number of thioether (sulfide) groups is 1. The molecule has 0 saturated heterocycles. The lowest BCUT2D eigenvalue weighted by molar-refractivity contribution is 0.794. The van der Waals surface area contributed by atoms with E-state index in [4.69, 9.17) is 11.6 Å². The standard InChI is InChI=1S/C11H12ClN3S/c1-3-16-11-14-13-10(15(11)2)8-6-4-5-7-9(8)12/h4-7H,3H2,1-2H3. The number of rotatable bonds is 3. The predicted octanol–water partition coefficient (Wildman–Crippen LogP) is 3.25. The highest BCUT2D eigenvalue weighted by atomic mass is 35.5. The third-order valence-electron chi connectivity index (χ3n) is 2.22. The van der Waals surface area contributed by atoms with Crippen LogP contribution in [0, 0.1) is 0 Å². The van der Waals surface area contributed by atoms with Crippen molar-refractivity contribution in [3.63, 3.8) is 0 Å². The quantitative estimate of drug-likeness (QED) is 0.787.